The standard InChI is InChI=1S/C31H35NO5/c1-15-12-30(6)14-29(5)13-19-8-9-20(26-21(28(32)36)10-11-37-26)16(2)23(19)25(34)24(29)17(3)31(30,7)27(35)22(15)18(4)33/h8-11,28,36H,12-14,32H2,1-7H3. The number of hydrogen-bond acceptors (Lipinski definition) is 6. The van der Waals surface area contributed by atoms with Gasteiger partial charge in [0.1, 0.15) is 12.0 Å². The molecule has 3 aliphatic rings. The van der Waals surface area contributed by atoms with Crippen LogP contribution in [0.3, 0.4) is 0 Å². The SMILES string of the molecule is CC(=O)C1=C(C)CC2(C)CC3(C)Cc4ccc(-c5occc5C(N)O)c(C)c4C(=O)C3=C(C)C2(C)C1=O. The summed E-state index contributed by atoms with van der Waals surface area (Å²) in [6, 6.07) is 5.54. The van der Waals surface area contributed by atoms with Gasteiger partial charge in [-0.1, -0.05) is 37.1 Å². The fraction of sp³-hybridized carbons (Fsp3) is 0.452. The maximum absolute atomic E-state index is 14.4. The van der Waals surface area contributed by atoms with Crippen LogP contribution in [0.25, 0.3) is 11.3 Å². The number of fused-ring (bicyclic) bond motifs is 3. The average Bonchev–Trinajstić information content (AvgIpc) is 3.26. The third-order valence-electron chi connectivity index (χ3n) is 9.68. The molecular weight excluding hydrogens is 466 g/mol. The number of aliphatic hydroxyl groups is 1. The van der Waals surface area contributed by atoms with Crippen molar-refractivity contribution in [3.05, 3.63) is 69.0 Å². The second kappa shape index (κ2) is 7.95. The highest BCUT2D eigenvalue weighted by atomic mass is 16.3. The molecule has 194 valence electrons. The molecule has 0 bridgehead atoms. The molecule has 2 aromatic rings. The number of aliphatic hydroxyl groups excluding tert-OH is 1. The lowest BCUT2D eigenvalue weighted by Crippen LogP contribution is -2.57. The molecule has 0 fully saturated rings. The Morgan fingerprint density at radius 3 is 2.38 bits per heavy atom. The van der Waals surface area contributed by atoms with Crippen LogP contribution in [-0.4, -0.2) is 22.5 Å². The van der Waals surface area contributed by atoms with Gasteiger partial charge < -0.3 is 15.3 Å². The van der Waals surface area contributed by atoms with Crippen LogP contribution in [0, 0.1) is 23.2 Å². The van der Waals surface area contributed by atoms with Crippen molar-refractivity contribution in [3.63, 3.8) is 0 Å². The number of nitrogens with two attached hydrogens (primary N) is 1. The van der Waals surface area contributed by atoms with E-state index in [0.717, 1.165) is 22.3 Å². The van der Waals surface area contributed by atoms with Crippen molar-refractivity contribution in [2.75, 3.05) is 0 Å². The summed E-state index contributed by atoms with van der Waals surface area (Å²) in [6.07, 6.45) is 2.27. The Bertz CT molecular complexity index is 1470. The minimum atomic E-state index is -1.20. The maximum Gasteiger partial charge on any atom is 0.190 e. The molecule has 1 aromatic heterocycles. The van der Waals surface area contributed by atoms with E-state index in [1.807, 2.05) is 39.8 Å². The summed E-state index contributed by atoms with van der Waals surface area (Å²) >= 11 is 0. The monoisotopic (exact) mass is 501 g/mol. The zero-order valence-corrected chi connectivity index (χ0v) is 22.7. The van der Waals surface area contributed by atoms with Crippen LogP contribution in [-0.2, 0) is 16.0 Å². The van der Waals surface area contributed by atoms with Crippen molar-refractivity contribution >= 4 is 17.3 Å². The summed E-state index contributed by atoms with van der Waals surface area (Å²) in [6.45, 7) is 13.4. The van der Waals surface area contributed by atoms with Crippen molar-refractivity contribution in [1.82, 2.24) is 0 Å². The Morgan fingerprint density at radius 2 is 1.76 bits per heavy atom. The lowest BCUT2D eigenvalue weighted by molar-refractivity contribution is -0.134. The molecule has 0 aliphatic heterocycles. The number of rotatable bonds is 3. The number of carbonyl (C=O) groups excluding carboxylic acids is 3. The van der Waals surface area contributed by atoms with Gasteiger partial charge in [0.05, 0.1) is 17.3 Å². The minimum absolute atomic E-state index is 0.0753. The van der Waals surface area contributed by atoms with E-state index in [-0.39, 0.29) is 22.9 Å². The molecular formula is C31H35NO5. The summed E-state index contributed by atoms with van der Waals surface area (Å²) in [4.78, 5) is 40.9. The van der Waals surface area contributed by atoms with E-state index in [1.165, 1.54) is 13.2 Å². The summed E-state index contributed by atoms with van der Waals surface area (Å²) < 4.78 is 5.68. The third-order valence-corrected chi connectivity index (χ3v) is 9.68. The lowest BCUT2D eigenvalue weighted by Gasteiger charge is -2.59. The number of allylic oxidation sites excluding steroid dienone is 4. The molecule has 1 aromatic carbocycles. The average molecular weight is 502 g/mol. The molecule has 4 unspecified atom stereocenters. The van der Waals surface area contributed by atoms with Crippen molar-refractivity contribution in [3.8, 4) is 11.3 Å². The van der Waals surface area contributed by atoms with E-state index in [2.05, 4.69) is 13.8 Å². The summed E-state index contributed by atoms with van der Waals surface area (Å²) in [5.41, 5.74) is 10.1. The van der Waals surface area contributed by atoms with E-state index in [4.69, 9.17) is 10.2 Å². The van der Waals surface area contributed by atoms with Gasteiger partial charge in [-0.15, -0.1) is 0 Å². The fourth-order valence-electron chi connectivity index (χ4n) is 7.93. The first-order valence-corrected chi connectivity index (χ1v) is 12.8. The molecule has 37 heavy (non-hydrogen) atoms. The zero-order chi connectivity index (χ0) is 27.2. The first-order chi connectivity index (χ1) is 17.2. The van der Waals surface area contributed by atoms with Crippen molar-refractivity contribution < 1.29 is 23.9 Å². The maximum atomic E-state index is 14.4. The van der Waals surface area contributed by atoms with Crippen LogP contribution in [0.15, 0.2) is 51.2 Å². The van der Waals surface area contributed by atoms with Crippen LogP contribution < -0.4 is 5.73 Å². The van der Waals surface area contributed by atoms with Crippen molar-refractivity contribution in [2.24, 2.45) is 22.0 Å². The van der Waals surface area contributed by atoms with Gasteiger partial charge in [0.15, 0.2) is 17.3 Å². The summed E-state index contributed by atoms with van der Waals surface area (Å²) in [5.74, 6) is -0.0122. The number of hydrogen-bond donors (Lipinski definition) is 2. The third kappa shape index (κ3) is 3.21. The van der Waals surface area contributed by atoms with Crippen molar-refractivity contribution in [2.45, 2.75) is 74.0 Å². The van der Waals surface area contributed by atoms with Crippen LogP contribution in [0.1, 0.15) is 87.7 Å². The molecule has 0 radical (unpaired) electrons. The zero-order valence-electron chi connectivity index (χ0n) is 22.7. The van der Waals surface area contributed by atoms with E-state index >= 15 is 0 Å². The molecule has 0 saturated heterocycles. The molecule has 3 aliphatic carbocycles. The molecule has 3 N–H and O–H groups in total. The summed E-state index contributed by atoms with van der Waals surface area (Å²) in [5, 5.41) is 10.0. The highest BCUT2D eigenvalue weighted by Crippen LogP contribution is 2.66. The highest BCUT2D eigenvalue weighted by molar-refractivity contribution is 6.24. The second-order valence-electron chi connectivity index (χ2n) is 12.1. The van der Waals surface area contributed by atoms with Crippen LogP contribution >= 0.6 is 0 Å². The normalized spacial score (nSPS) is 30.2. The fourth-order valence-corrected chi connectivity index (χ4v) is 7.93. The second-order valence-corrected chi connectivity index (χ2v) is 12.1. The van der Waals surface area contributed by atoms with Gasteiger partial charge >= 0.3 is 0 Å². The molecule has 1 heterocycles. The molecule has 0 spiro atoms. The van der Waals surface area contributed by atoms with Gasteiger partial charge in [-0.2, -0.15) is 0 Å². The highest BCUT2D eigenvalue weighted by Gasteiger charge is 2.63. The van der Waals surface area contributed by atoms with E-state index in [0.29, 0.717) is 47.3 Å². The quantitative estimate of drug-likeness (QED) is 0.421. The predicted octanol–water partition coefficient (Wildman–Crippen LogP) is 5.56. The Labute approximate surface area is 217 Å². The number of furan rings is 1. The van der Waals surface area contributed by atoms with Crippen molar-refractivity contribution in [1.29, 1.82) is 0 Å². The van der Waals surface area contributed by atoms with Gasteiger partial charge in [-0.3, -0.25) is 14.4 Å². The Balaban J connectivity index is 1.73. The molecule has 6 nitrogen and oxygen atoms in total. The topological polar surface area (TPSA) is 111 Å². The van der Waals surface area contributed by atoms with Crippen LogP contribution in [0.4, 0.5) is 0 Å². The predicted molar refractivity (Wildman–Crippen MR) is 141 cm³/mol. The number of ketones is 3. The van der Waals surface area contributed by atoms with Gasteiger partial charge in [0.2, 0.25) is 0 Å². The Morgan fingerprint density at radius 1 is 1.08 bits per heavy atom. The number of carbonyl (C=O) groups is 3. The largest absolute Gasteiger partial charge is 0.464 e. The van der Waals surface area contributed by atoms with Gasteiger partial charge in [0.25, 0.3) is 0 Å². The number of Topliss-reactive ketones (excluding diaryl/α,β-unsaturated/α-hetero) is 3. The van der Waals surface area contributed by atoms with E-state index < -0.39 is 22.5 Å². The first-order valence-electron chi connectivity index (χ1n) is 12.8. The number of benzene rings is 1. The Kier molecular flexibility index (Phi) is 5.49. The van der Waals surface area contributed by atoms with Gasteiger partial charge in [-0.05, 0) is 76.5 Å². The summed E-state index contributed by atoms with van der Waals surface area (Å²) in [7, 11) is 0. The van der Waals surface area contributed by atoms with E-state index in [9.17, 15) is 19.5 Å². The minimum Gasteiger partial charge on any atom is -0.464 e. The molecule has 5 rings (SSSR count). The van der Waals surface area contributed by atoms with Crippen LogP contribution in [0.2, 0.25) is 0 Å². The molecule has 4 atom stereocenters. The van der Waals surface area contributed by atoms with Gasteiger partial charge in [-0.25, -0.2) is 0 Å². The van der Waals surface area contributed by atoms with E-state index in [1.54, 1.807) is 6.07 Å². The van der Waals surface area contributed by atoms with Gasteiger partial charge in [0, 0.05) is 27.7 Å². The smallest absolute Gasteiger partial charge is 0.190 e. The van der Waals surface area contributed by atoms with Crippen LogP contribution in [0.5, 0.6) is 0 Å². The molecule has 0 saturated carbocycles. The lowest BCUT2D eigenvalue weighted by atomic mass is 9.42. The Hall–Kier alpha value is -3.09. The first kappa shape index (κ1) is 25.6. The molecule has 6 heteroatoms. The molecule has 0 amide bonds.